The van der Waals surface area contributed by atoms with Crippen LogP contribution >= 0.6 is 0 Å². The molecule has 2 N–H and O–H groups in total. The van der Waals surface area contributed by atoms with Crippen LogP contribution in [0.1, 0.15) is 44.5 Å². The number of nitrogens with zero attached hydrogens (tertiary/aromatic N) is 2. The molecule has 4 nitrogen and oxygen atoms in total. The maximum Gasteiger partial charge on any atom is 0.125 e. The largest absolute Gasteiger partial charge is 0.392 e. The molecule has 0 spiro atoms. The van der Waals surface area contributed by atoms with Gasteiger partial charge in [0.05, 0.1) is 12.1 Å². The average molecular weight is 223 g/mol. The van der Waals surface area contributed by atoms with Crippen LogP contribution in [-0.2, 0) is 7.05 Å². The van der Waals surface area contributed by atoms with Gasteiger partial charge in [-0.2, -0.15) is 0 Å². The SMILES string of the molecule is CC(NC1CCCCC1O)c1nccn1C. The third-order valence-corrected chi connectivity index (χ3v) is 3.44. The molecular weight excluding hydrogens is 202 g/mol. The second-order valence-corrected chi connectivity index (χ2v) is 4.74. The van der Waals surface area contributed by atoms with E-state index in [4.69, 9.17) is 0 Å². The molecular formula is C12H21N3O. The van der Waals surface area contributed by atoms with E-state index in [9.17, 15) is 5.11 Å². The van der Waals surface area contributed by atoms with Gasteiger partial charge in [-0.25, -0.2) is 4.98 Å². The summed E-state index contributed by atoms with van der Waals surface area (Å²) < 4.78 is 2.02. The van der Waals surface area contributed by atoms with Crippen LogP contribution in [0.25, 0.3) is 0 Å². The molecule has 90 valence electrons. The van der Waals surface area contributed by atoms with Gasteiger partial charge in [-0.3, -0.25) is 0 Å². The predicted molar refractivity (Wildman–Crippen MR) is 63.0 cm³/mol. The van der Waals surface area contributed by atoms with E-state index in [0.717, 1.165) is 25.1 Å². The molecule has 2 rings (SSSR count). The first kappa shape index (κ1) is 11.6. The van der Waals surface area contributed by atoms with E-state index < -0.39 is 0 Å². The molecule has 1 saturated carbocycles. The number of aryl methyl sites for hydroxylation is 1. The highest BCUT2D eigenvalue weighted by Crippen LogP contribution is 2.21. The molecule has 1 aliphatic carbocycles. The highest BCUT2D eigenvalue weighted by molar-refractivity contribution is 4.98. The monoisotopic (exact) mass is 223 g/mol. The molecule has 1 fully saturated rings. The number of imidazole rings is 1. The lowest BCUT2D eigenvalue weighted by Crippen LogP contribution is -2.43. The van der Waals surface area contributed by atoms with Gasteiger partial charge in [0.15, 0.2) is 0 Å². The number of aliphatic hydroxyl groups is 1. The molecule has 1 heterocycles. The summed E-state index contributed by atoms with van der Waals surface area (Å²) in [7, 11) is 2.00. The quantitative estimate of drug-likeness (QED) is 0.814. The fourth-order valence-electron chi connectivity index (χ4n) is 2.50. The van der Waals surface area contributed by atoms with Gasteiger partial charge in [0.1, 0.15) is 5.82 Å². The first-order valence-corrected chi connectivity index (χ1v) is 6.10. The Morgan fingerprint density at radius 2 is 2.25 bits per heavy atom. The van der Waals surface area contributed by atoms with Crippen molar-refractivity contribution in [2.24, 2.45) is 7.05 Å². The normalized spacial score (nSPS) is 27.9. The summed E-state index contributed by atoms with van der Waals surface area (Å²) in [5, 5.41) is 13.4. The van der Waals surface area contributed by atoms with Crippen molar-refractivity contribution in [1.29, 1.82) is 0 Å². The van der Waals surface area contributed by atoms with Crippen LogP contribution in [0.2, 0.25) is 0 Å². The molecule has 1 aliphatic rings. The third kappa shape index (κ3) is 2.44. The number of nitrogens with one attached hydrogen (secondary N) is 1. The summed E-state index contributed by atoms with van der Waals surface area (Å²) in [5.74, 6) is 1.03. The minimum absolute atomic E-state index is 0.192. The Labute approximate surface area is 96.7 Å². The van der Waals surface area contributed by atoms with Crippen LogP contribution < -0.4 is 5.32 Å². The van der Waals surface area contributed by atoms with Gasteiger partial charge in [-0.1, -0.05) is 12.8 Å². The fraction of sp³-hybridized carbons (Fsp3) is 0.750. The molecule has 0 amide bonds. The topological polar surface area (TPSA) is 50.1 Å². The Kier molecular flexibility index (Phi) is 3.61. The van der Waals surface area contributed by atoms with E-state index in [1.807, 2.05) is 24.0 Å². The van der Waals surface area contributed by atoms with E-state index in [-0.39, 0.29) is 18.2 Å². The number of aliphatic hydroxyl groups excluding tert-OH is 1. The third-order valence-electron chi connectivity index (χ3n) is 3.44. The molecule has 1 aromatic heterocycles. The molecule has 3 atom stereocenters. The Hall–Kier alpha value is -0.870. The maximum absolute atomic E-state index is 9.89. The summed E-state index contributed by atoms with van der Waals surface area (Å²) in [4.78, 5) is 4.33. The standard InChI is InChI=1S/C12H21N3O/c1-9(12-13-7-8-15(12)2)14-10-5-3-4-6-11(10)16/h7-11,14,16H,3-6H2,1-2H3. The molecule has 0 bridgehead atoms. The number of hydrogen-bond donors (Lipinski definition) is 2. The Balaban J connectivity index is 1.96. The van der Waals surface area contributed by atoms with Crippen molar-refractivity contribution in [1.82, 2.24) is 14.9 Å². The van der Waals surface area contributed by atoms with Crippen molar-refractivity contribution in [2.75, 3.05) is 0 Å². The minimum atomic E-state index is -0.198. The van der Waals surface area contributed by atoms with Gasteiger partial charge in [-0.15, -0.1) is 0 Å². The van der Waals surface area contributed by atoms with Gasteiger partial charge in [0.25, 0.3) is 0 Å². The average Bonchev–Trinajstić information content (AvgIpc) is 2.68. The van der Waals surface area contributed by atoms with Crippen molar-refractivity contribution in [2.45, 2.75) is 50.8 Å². The number of rotatable bonds is 3. The second kappa shape index (κ2) is 4.97. The van der Waals surface area contributed by atoms with Crippen LogP contribution in [0.15, 0.2) is 12.4 Å². The first-order valence-electron chi connectivity index (χ1n) is 6.10. The van der Waals surface area contributed by atoms with Crippen LogP contribution in [0.5, 0.6) is 0 Å². The molecule has 3 unspecified atom stereocenters. The Bertz CT molecular complexity index is 337. The molecule has 4 heteroatoms. The lowest BCUT2D eigenvalue weighted by atomic mass is 9.92. The number of hydrogen-bond acceptors (Lipinski definition) is 3. The second-order valence-electron chi connectivity index (χ2n) is 4.74. The van der Waals surface area contributed by atoms with E-state index in [2.05, 4.69) is 17.2 Å². The summed E-state index contributed by atoms with van der Waals surface area (Å²) in [6.45, 7) is 2.10. The summed E-state index contributed by atoms with van der Waals surface area (Å²) in [6.07, 6.45) is 7.91. The van der Waals surface area contributed by atoms with Gasteiger partial charge in [-0.05, 0) is 19.8 Å². The molecule has 1 aromatic rings. The summed E-state index contributed by atoms with van der Waals surface area (Å²) in [5.41, 5.74) is 0. The van der Waals surface area contributed by atoms with Crippen LogP contribution in [0, 0.1) is 0 Å². The molecule has 0 aliphatic heterocycles. The minimum Gasteiger partial charge on any atom is -0.392 e. The molecule has 0 saturated heterocycles. The highest BCUT2D eigenvalue weighted by atomic mass is 16.3. The van der Waals surface area contributed by atoms with Gasteiger partial charge >= 0.3 is 0 Å². The fourth-order valence-corrected chi connectivity index (χ4v) is 2.50. The van der Waals surface area contributed by atoms with Crippen LogP contribution in [0.4, 0.5) is 0 Å². The van der Waals surface area contributed by atoms with Crippen LogP contribution in [-0.4, -0.2) is 26.8 Å². The van der Waals surface area contributed by atoms with E-state index in [1.165, 1.54) is 6.42 Å². The highest BCUT2D eigenvalue weighted by Gasteiger charge is 2.25. The van der Waals surface area contributed by atoms with E-state index in [0.29, 0.717) is 0 Å². The van der Waals surface area contributed by atoms with Crippen molar-refractivity contribution < 1.29 is 5.11 Å². The van der Waals surface area contributed by atoms with Gasteiger partial charge in [0, 0.05) is 25.5 Å². The zero-order valence-electron chi connectivity index (χ0n) is 10.1. The number of aromatic nitrogens is 2. The predicted octanol–water partition coefficient (Wildman–Crippen LogP) is 1.37. The van der Waals surface area contributed by atoms with Crippen molar-refractivity contribution in [3.8, 4) is 0 Å². The smallest absolute Gasteiger partial charge is 0.125 e. The van der Waals surface area contributed by atoms with E-state index >= 15 is 0 Å². The van der Waals surface area contributed by atoms with Crippen molar-refractivity contribution >= 4 is 0 Å². The molecule has 0 radical (unpaired) electrons. The lowest BCUT2D eigenvalue weighted by molar-refractivity contribution is 0.0852. The molecule has 0 aromatic carbocycles. The van der Waals surface area contributed by atoms with Gasteiger partial charge in [0.2, 0.25) is 0 Å². The molecule has 16 heavy (non-hydrogen) atoms. The van der Waals surface area contributed by atoms with Gasteiger partial charge < -0.3 is 15.0 Å². The summed E-state index contributed by atoms with van der Waals surface area (Å²) >= 11 is 0. The Morgan fingerprint density at radius 3 is 2.88 bits per heavy atom. The van der Waals surface area contributed by atoms with Crippen molar-refractivity contribution in [3.63, 3.8) is 0 Å². The zero-order chi connectivity index (χ0) is 11.5. The summed E-state index contributed by atoms with van der Waals surface area (Å²) in [6, 6.07) is 0.415. The zero-order valence-corrected chi connectivity index (χ0v) is 10.1. The van der Waals surface area contributed by atoms with Crippen molar-refractivity contribution in [3.05, 3.63) is 18.2 Å². The Morgan fingerprint density at radius 1 is 1.50 bits per heavy atom. The lowest BCUT2D eigenvalue weighted by Gasteiger charge is -2.30. The van der Waals surface area contributed by atoms with E-state index in [1.54, 1.807) is 0 Å². The van der Waals surface area contributed by atoms with Crippen LogP contribution in [0.3, 0.4) is 0 Å². The first-order chi connectivity index (χ1) is 7.68. The maximum atomic E-state index is 9.89.